The monoisotopic (exact) mass is 180 g/mol. The fraction of sp³-hybridized carbons (Fsp3) is 0.600. The van der Waals surface area contributed by atoms with Crippen molar-refractivity contribution in [3.63, 3.8) is 0 Å². The minimum absolute atomic E-state index is 0.0663. The van der Waals surface area contributed by atoms with Gasteiger partial charge < -0.3 is 15.8 Å². The lowest BCUT2D eigenvalue weighted by Crippen LogP contribution is -2.42. The summed E-state index contributed by atoms with van der Waals surface area (Å²) < 4.78 is 5.66. The van der Waals surface area contributed by atoms with Crippen molar-refractivity contribution in [2.75, 3.05) is 7.05 Å². The van der Waals surface area contributed by atoms with Gasteiger partial charge in [-0.3, -0.25) is 0 Å². The highest BCUT2D eigenvalue weighted by atomic mass is 16.5. The van der Waals surface area contributed by atoms with Crippen molar-refractivity contribution in [3.05, 3.63) is 24.0 Å². The maximum absolute atomic E-state index is 5.85. The summed E-state index contributed by atoms with van der Waals surface area (Å²) in [7, 11) is 1.91. The number of hydrogen-bond donors (Lipinski definition) is 2. The molecule has 72 valence electrons. The fourth-order valence-corrected chi connectivity index (χ4v) is 1.40. The first-order valence-corrected chi connectivity index (χ1v) is 4.79. The van der Waals surface area contributed by atoms with Gasteiger partial charge in [-0.05, 0) is 32.0 Å². The summed E-state index contributed by atoms with van der Waals surface area (Å²) in [4.78, 5) is 0. The molecule has 0 bridgehead atoms. The van der Waals surface area contributed by atoms with E-state index in [1.54, 1.807) is 0 Å². The average Bonchev–Trinajstić information content (AvgIpc) is 2.92. The lowest BCUT2D eigenvalue weighted by Gasteiger charge is -2.22. The van der Waals surface area contributed by atoms with Crippen LogP contribution in [0.5, 0.6) is 0 Å². The molecule has 2 unspecified atom stereocenters. The quantitative estimate of drug-likeness (QED) is 0.666. The fourth-order valence-electron chi connectivity index (χ4n) is 1.40. The Morgan fingerprint density at radius 1 is 1.54 bits per heavy atom. The lowest BCUT2D eigenvalue weighted by atomic mass is 10.0. The average molecular weight is 180 g/mol. The first kappa shape index (κ1) is 8.78. The van der Waals surface area contributed by atoms with E-state index in [1.165, 1.54) is 12.8 Å². The molecule has 2 atom stereocenters. The zero-order chi connectivity index (χ0) is 9.26. The van der Waals surface area contributed by atoms with E-state index >= 15 is 0 Å². The van der Waals surface area contributed by atoms with E-state index in [0.29, 0.717) is 6.10 Å². The maximum atomic E-state index is 5.85. The van der Waals surface area contributed by atoms with Gasteiger partial charge in [-0.2, -0.15) is 0 Å². The van der Waals surface area contributed by atoms with Crippen molar-refractivity contribution in [2.45, 2.75) is 31.0 Å². The van der Waals surface area contributed by atoms with Gasteiger partial charge in [-0.1, -0.05) is 6.08 Å². The molecule has 3 nitrogen and oxygen atoms in total. The second-order valence-electron chi connectivity index (χ2n) is 3.64. The first-order valence-electron chi connectivity index (χ1n) is 4.79. The second-order valence-corrected chi connectivity index (χ2v) is 3.64. The van der Waals surface area contributed by atoms with Gasteiger partial charge in [0.2, 0.25) is 0 Å². The third-order valence-corrected chi connectivity index (χ3v) is 2.40. The zero-order valence-corrected chi connectivity index (χ0v) is 7.86. The standard InChI is InChI=1S/C10H16N2O/c1-12-10-6-8(4-5-9(10)11)13-7-2-3-7/h4-7,9-10,12H,2-3,11H2,1H3. The van der Waals surface area contributed by atoms with Crippen LogP contribution in [-0.4, -0.2) is 25.2 Å². The van der Waals surface area contributed by atoms with Gasteiger partial charge in [-0.25, -0.2) is 0 Å². The van der Waals surface area contributed by atoms with Gasteiger partial charge in [-0.15, -0.1) is 0 Å². The molecule has 1 fully saturated rings. The summed E-state index contributed by atoms with van der Waals surface area (Å²) in [5.74, 6) is 0.962. The van der Waals surface area contributed by atoms with E-state index in [0.717, 1.165) is 5.76 Å². The normalized spacial score (nSPS) is 32.9. The molecule has 0 spiro atoms. The molecule has 0 heterocycles. The van der Waals surface area contributed by atoms with E-state index in [-0.39, 0.29) is 12.1 Å². The molecule has 2 rings (SSSR count). The predicted molar refractivity (Wildman–Crippen MR) is 52.2 cm³/mol. The molecule has 0 saturated heterocycles. The van der Waals surface area contributed by atoms with Crippen molar-refractivity contribution < 1.29 is 4.74 Å². The number of hydrogen-bond acceptors (Lipinski definition) is 3. The Morgan fingerprint density at radius 3 is 2.92 bits per heavy atom. The van der Waals surface area contributed by atoms with Crippen LogP contribution < -0.4 is 11.1 Å². The molecule has 2 aliphatic rings. The Hall–Kier alpha value is -0.800. The smallest absolute Gasteiger partial charge is 0.117 e. The Morgan fingerprint density at radius 2 is 2.31 bits per heavy atom. The highest BCUT2D eigenvalue weighted by Gasteiger charge is 2.25. The minimum atomic E-state index is 0.0663. The van der Waals surface area contributed by atoms with Crippen molar-refractivity contribution in [1.82, 2.24) is 5.32 Å². The number of nitrogens with one attached hydrogen (secondary N) is 1. The van der Waals surface area contributed by atoms with Crippen LogP contribution in [0.3, 0.4) is 0 Å². The van der Waals surface area contributed by atoms with Crippen LogP contribution in [0.15, 0.2) is 24.0 Å². The molecule has 0 aromatic rings. The van der Waals surface area contributed by atoms with Crippen molar-refractivity contribution >= 4 is 0 Å². The number of allylic oxidation sites excluding steroid dienone is 1. The molecule has 3 heteroatoms. The minimum Gasteiger partial charge on any atom is -0.491 e. The largest absolute Gasteiger partial charge is 0.491 e. The highest BCUT2D eigenvalue weighted by Crippen LogP contribution is 2.27. The third kappa shape index (κ3) is 2.11. The predicted octanol–water partition coefficient (Wildman–Crippen LogP) is 0.534. The van der Waals surface area contributed by atoms with Gasteiger partial charge in [0.05, 0.1) is 6.10 Å². The van der Waals surface area contributed by atoms with Crippen LogP contribution in [0.25, 0.3) is 0 Å². The number of rotatable bonds is 3. The Labute approximate surface area is 78.6 Å². The van der Waals surface area contributed by atoms with Gasteiger partial charge >= 0.3 is 0 Å². The third-order valence-electron chi connectivity index (χ3n) is 2.40. The summed E-state index contributed by atoms with van der Waals surface area (Å²) in [5, 5.41) is 3.14. The summed E-state index contributed by atoms with van der Waals surface area (Å²) in [6.45, 7) is 0. The van der Waals surface area contributed by atoms with Crippen LogP contribution in [0, 0.1) is 0 Å². The summed E-state index contributed by atoms with van der Waals surface area (Å²) in [6.07, 6.45) is 8.87. The van der Waals surface area contributed by atoms with E-state index in [4.69, 9.17) is 10.5 Å². The molecule has 1 saturated carbocycles. The van der Waals surface area contributed by atoms with Crippen LogP contribution in [0.1, 0.15) is 12.8 Å². The Balaban J connectivity index is 1.98. The van der Waals surface area contributed by atoms with E-state index in [2.05, 4.69) is 11.4 Å². The summed E-state index contributed by atoms with van der Waals surface area (Å²) in [5.41, 5.74) is 5.85. The van der Waals surface area contributed by atoms with Crippen molar-refractivity contribution in [3.8, 4) is 0 Å². The van der Waals surface area contributed by atoms with Crippen LogP contribution in [0.2, 0.25) is 0 Å². The molecular weight excluding hydrogens is 164 g/mol. The molecule has 13 heavy (non-hydrogen) atoms. The van der Waals surface area contributed by atoms with Crippen LogP contribution >= 0.6 is 0 Å². The molecule has 3 N–H and O–H groups in total. The van der Waals surface area contributed by atoms with Crippen LogP contribution in [0.4, 0.5) is 0 Å². The molecule has 0 aromatic carbocycles. The Bertz CT molecular complexity index is 243. The van der Waals surface area contributed by atoms with Crippen molar-refractivity contribution in [2.24, 2.45) is 5.73 Å². The topological polar surface area (TPSA) is 47.3 Å². The number of ether oxygens (including phenoxy) is 1. The molecule has 0 radical (unpaired) electrons. The Kier molecular flexibility index (Phi) is 2.38. The lowest BCUT2D eigenvalue weighted by molar-refractivity contribution is 0.205. The number of nitrogens with two attached hydrogens (primary N) is 1. The summed E-state index contributed by atoms with van der Waals surface area (Å²) in [6, 6.07) is 0.273. The molecule has 2 aliphatic carbocycles. The molecular formula is C10H16N2O. The zero-order valence-electron chi connectivity index (χ0n) is 7.86. The van der Waals surface area contributed by atoms with Gasteiger partial charge in [0.15, 0.2) is 0 Å². The van der Waals surface area contributed by atoms with Gasteiger partial charge in [0.25, 0.3) is 0 Å². The molecule has 0 aromatic heterocycles. The molecule has 0 amide bonds. The second kappa shape index (κ2) is 3.52. The molecule has 0 aliphatic heterocycles. The van der Waals surface area contributed by atoms with Crippen molar-refractivity contribution in [1.29, 1.82) is 0 Å². The van der Waals surface area contributed by atoms with Gasteiger partial charge in [0, 0.05) is 12.1 Å². The summed E-state index contributed by atoms with van der Waals surface area (Å²) >= 11 is 0. The highest BCUT2D eigenvalue weighted by molar-refractivity contribution is 5.25. The van der Waals surface area contributed by atoms with E-state index in [1.807, 2.05) is 19.2 Å². The first-order chi connectivity index (χ1) is 6.29. The van der Waals surface area contributed by atoms with Gasteiger partial charge in [0.1, 0.15) is 5.76 Å². The SMILES string of the molecule is CNC1C=C(OC2CC2)C=CC1N. The van der Waals surface area contributed by atoms with E-state index < -0.39 is 0 Å². The maximum Gasteiger partial charge on any atom is 0.117 e. The number of likely N-dealkylation sites (N-methyl/N-ethyl adjacent to an activating group) is 1. The van der Waals surface area contributed by atoms with Crippen LogP contribution in [-0.2, 0) is 4.74 Å². The van der Waals surface area contributed by atoms with E-state index in [9.17, 15) is 0 Å².